The molecular weight excluding hydrogens is 442 g/mol. The Kier molecular flexibility index (Phi) is 5.46. The van der Waals surface area contributed by atoms with Crippen LogP contribution in [0.5, 0.6) is 5.75 Å². The molecule has 3 aromatic rings. The van der Waals surface area contributed by atoms with Gasteiger partial charge in [0.25, 0.3) is 17.7 Å². The zero-order valence-electron chi connectivity index (χ0n) is 16.1. The van der Waals surface area contributed by atoms with Gasteiger partial charge in [0, 0.05) is 19.3 Å². The van der Waals surface area contributed by atoms with Crippen LogP contribution in [0.2, 0.25) is 5.02 Å². The molecule has 4 rings (SSSR count). The normalized spacial score (nSPS) is 15.2. The zero-order chi connectivity index (χ0) is 22.2. The number of benzene rings is 1. The number of aromatic nitrogens is 4. The summed E-state index contributed by atoms with van der Waals surface area (Å²) in [5, 5.41) is 10.2. The summed E-state index contributed by atoms with van der Waals surface area (Å²) in [6.07, 6.45) is 1.28. The maximum Gasteiger partial charge on any atom is 0.314 e. The van der Waals surface area contributed by atoms with Crippen molar-refractivity contribution in [3.05, 3.63) is 47.1 Å². The van der Waals surface area contributed by atoms with Crippen molar-refractivity contribution in [2.45, 2.75) is 37.7 Å². The minimum absolute atomic E-state index is 0.122. The van der Waals surface area contributed by atoms with Crippen LogP contribution >= 0.6 is 11.6 Å². The molecule has 1 saturated carbocycles. The molecule has 1 aliphatic rings. The first-order valence-electron chi connectivity index (χ1n) is 9.19. The molecule has 31 heavy (non-hydrogen) atoms. The van der Waals surface area contributed by atoms with Gasteiger partial charge in [-0.3, -0.25) is 0 Å². The van der Waals surface area contributed by atoms with Gasteiger partial charge < -0.3 is 14.5 Å². The quantitative estimate of drug-likeness (QED) is 0.462. The van der Waals surface area contributed by atoms with Crippen molar-refractivity contribution in [2.75, 3.05) is 11.9 Å². The van der Waals surface area contributed by atoms with Crippen LogP contribution in [-0.4, -0.2) is 32.7 Å². The molecule has 0 aliphatic heterocycles. The number of rotatable bonds is 8. The Morgan fingerprint density at radius 2 is 1.94 bits per heavy atom. The molecule has 0 amide bonds. The van der Waals surface area contributed by atoms with E-state index in [0.29, 0.717) is 18.4 Å². The standard InChI is InChI=1S/C19H16ClF4N5O2/c1-18(23,24)9-30-12-4-2-3-11(13(12)20)19(5-6-19)27-17-25-7-10(8-26-17)15-28-29-16(31-15)14(21)22/h2-4,7-8,14H,5-6,9H2,1H3,(H,25,26,27). The summed E-state index contributed by atoms with van der Waals surface area (Å²) in [5.41, 5.74) is 0.390. The fourth-order valence-electron chi connectivity index (χ4n) is 2.94. The number of nitrogens with one attached hydrogen (secondary N) is 1. The van der Waals surface area contributed by atoms with Gasteiger partial charge in [-0.05, 0) is 24.5 Å². The minimum atomic E-state index is -2.99. The van der Waals surface area contributed by atoms with Crippen molar-refractivity contribution >= 4 is 17.5 Å². The van der Waals surface area contributed by atoms with Gasteiger partial charge >= 0.3 is 6.43 Å². The highest BCUT2D eigenvalue weighted by molar-refractivity contribution is 6.33. The van der Waals surface area contributed by atoms with Gasteiger partial charge in [0.2, 0.25) is 5.95 Å². The lowest BCUT2D eigenvalue weighted by Crippen LogP contribution is -2.23. The van der Waals surface area contributed by atoms with E-state index in [1.54, 1.807) is 12.1 Å². The topological polar surface area (TPSA) is 86.0 Å². The average Bonchev–Trinajstić information content (AvgIpc) is 3.30. The van der Waals surface area contributed by atoms with Crippen LogP contribution in [0, 0.1) is 0 Å². The van der Waals surface area contributed by atoms with Gasteiger partial charge in [-0.1, -0.05) is 23.7 Å². The summed E-state index contributed by atoms with van der Waals surface area (Å²) in [4.78, 5) is 8.34. The first kappa shape index (κ1) is 21.3. The molecule has 7 nitrogen and oxygen atoms in total. The van der Waals surface area contributed by atoms with E-state index < -0.39 is 30.4 Å². The average molecular weight is 458 g/mol. The van der Waals surface area contributed by atoms with Crippen molar-refractivity contribution in [1.82, 2.24) is 20.2 Å². The number of alkyl halides is 4. The molecule has 12 heteroatoms. The third kappa shape index (κ3) is 4.71. The number of anilines is 1. The highest BCUT2D eigenvalue weighted by atomic mass is 35.5. The Morgan fingerprint density at radius 3 is 2.52 bits per heavy atom. The summed E-state index contributed by atoms with van der Waals surface area (Å²) in [6, 6.07) is 4.97. The maximum atomic E-state index is 13.1. The Labute approximate surface area is 178 Å². The maximum absolute atomic E-state index is 13.1. The van der Waals surface area contributed by atoms with E-state index in [1.807, 2.05) is 0 Å². The number of halogens is 5. The minimum Gasteiger partial charge on any atom is -0.486 e. The van der Waals surface area contributed by atoms with Crippen molar-refractivity contribution in [1.29, 1.82) is 0 Å². The van der Waals surface area contributed by atoms with E-state index in [-0.39, 0.29) is 28.2 Å². The van der Waals surface area contributed by atoms with E-state index in [4.69, 9.17) is 20.8 Å². The summed E-state index contributed by atoms with van der Waals surface area (Å²) < 4.78 is 61.5. The fraction of sp³-hybridized carbons (Fsp3) is 0.368. The van der Waals surface area contributed by atoms with Crippen molar-refractivity contribution in [3.8, 4) is 17.2 Å². The molecule has 1 fully saturated rings. The van der Waals surface area contributed by atoms with Crippen LogP contribution in [0.3, 0.4) is 0 Å². The third-order valence-corrected chi connectivity index (χ3v) is 4.98. The van der Waals surface area contributed by atoms with Gasteiger partial charge in [-0.25, -0.2) is 18.7 Å². The molecule has 0 atom stereocenters. The van der Waals surface area contributed by atoms with Gasteiger partial charge in [-0.2, -0.15) is 8.78 Å². The van der Waals surface area contributed by atoms with Crippen LogP contribution in [0.1, 0.15) is 37.6 Å². The molecule has 0 bridgehead atoms. The second-order valence-electron chi connectivity index (χ2n) is 7.23. The molecular formula is C19H16ClF4N5O2. The van der Waals surface area contributed by atoms with Crippen molar-refractivity contribution in [2.24, 2.45) is 0 Å². The highest BCUT2D eigenvalue weighted by Gasteiger charge is 2.47. The molecule has 0 radical (unpaired) electrons. The molecule has 2 aromatic heterocycles. The SMILES string of the molecule is CC(F)(F)COc1cccc(C2(Nc3ncc(-c4nnc(C(F)F)o4)cn3)CC2)c1Cl. The fourth-order valence-corrected chi connectivity index (χ4v) is 3.30. The number of ether oxygens (including phenoxy) is 1. The Balaban J connectivity index is 1.50. The van der Waals surface area contributed by atoms with E-state index in [9.17, 15) is 17.6 Å². The Hall–Kier alpha value is -2.95. The molecule has 1 aliphatic carbocycles. The van der Waals surface area contributed by atoms with Crippen LogP contribution in [0.25, 0.3) is 11.5 Å². The Morgan fingerprint density at radius 1 is 1.23 bits per heavy atom. The van der Waals surface area contributed by atoms with E-state index in [1.165, 1.54) is 18.5 Å². The second kappa shape index (κ2) is 7.95. The van der Waals surface area contributed by atoms with Gasteiger partial charge in [-0.15, -0.1) is 10.2 Å². The second-order valence-corrected chi connectivity index (χ2v) is 7.60. The first-order chi connectivity index (χ1) is 14.7. The van der Waals surface area contributed by atoms with Crippen LogP contribution in [-0.2, 0) is 5.54 Å². The van der Waals surface area contributed by atoms with Gasteiger partial charge in [0.15, 0.2) is 6.61 Å². The molecule has 0 saturated heterocycles. The van der Waals surface area contributed by atoms with E-state index in [0.717, 1.165) is 6.92 Å². The zero-order valence-corrected chi connectivity index (χ0v) is 16.8. The van der Waals surface area contributed by atoms with Crippen LogP contribution < -0.4 is 10.1 Å². The van der Waals surface area contributed by atoms with Gasteiger partial charge in [0.1, 0.15) is 5.75 Å². The summed E-state index contributed by atoms with van der Waals surface area (Å²) >= 11 is 6.42. The lowest BCUT2D eigenvalue weighted by molar-refractivity contribution is -0.0229. The van der Waals surface area contributed by atoms with Crippen LogP contribution in [0.4, 0.5) is 23.5 Å². The van der Waals surface area contributed by atoms with Gasteiger partial charge in [0.05, 0.1) is 16.1 Å². The lowest BCUT2D eigenvalue weighted by Gasteiger charge is -2.21. The summed E-state index contributed by atoms with van der Waals surface area (Å²) in [5.74, 6) is -3.47. The summed E-state index contributed by atoms with van der Waals surface area (Å²) in [6.45, 7) is -0.0254. The smallest absolute Gasteiger partial charge is 0.314 e. The molecule has 0 spiro atoms. The predicted octanol–water partition coefficient (Wildman–Crippen LogP) is 5.25. The monoisotopic (exact) mass is 457 g/mol. The molecule has 0 unspecified atom stereocenters. The highest BCUT2D eigenvalue weighted by Crippen LogP contribution is 2.51. The first-order valence-corrected chi connectivity index (χ1v) is 9.56. The number of hydrogen-bond donors (Lipinski definition) is 1. The molecule has 2 heterocycles. The van der Waals surface area contributed by atoms with E-state index in [2.05, 4.69) is 25.5 Å². The van der Waals surface area contributed by atoms with Crippen molar-refractivity contribution in [3.63, 3.8) is 0 Å². The predicted molar refractivity (Wildman–Crippen MR) is 102 cm³/mol. The Bertz CT molecular complexity index is 1070. The molecule has 1 N–H and O–H groups in total. The third-order valence-electron chi connectivity index (χ3n) is 4.59. The number of hydrogen-bond acceptors (Lipinski definition) is 7. The largest absolute Gasteiger partial charge is 0.486 e. The number of nitrogens with zero attached hydrogens (tertiary/aromatic N) is 4. The summed E-state index contributed by atoms with van der Waals surface area (Å²) in [7, 11) is 0. The lowest BCUT2D eigenvalue weighted by atomic mass is 10.0. The van der Waals surface area contributed by atoms with Crippen LogP contribution in [0.15, 0.2) is 35.0 Å². The molecule has 1 aromatic carbocycles. The molecule has 164 valence electrons. The van der Waals surface area contributed by atoms with E-state index >= 15 is 0 Å². The van der Waals surface area contributed by atoms with Crippen molar-refractivity contribution < 1.29 is 26.7 Å².